The first-order valence-corrected chi connectivity index (χ1v) is 4.39. The van der Waals surface area contributed by atoms with Crippen LogP contribution >= 0.6 is 0 Å². The van der Waals surface area contributed by atoms with Gasteiger partial charge in [0.25, 0.3) is 0 Å². The van der Waals surface area contributed by atoms with E-state index >= 15 is 0 Å². The highest BCUT2D eigenvalue weighted by atomic mass is 16.5. The molecular weight excluding hydrogens is 166 g/mol. The van der Waals surface area contributed by atoms with Gasteiger partial charge in [0, 0.05) is 12.1 Å². The van der Waals surface area contributed by atoms with Crippen molar-refractivity contribution in [3.05, 3.63) is 29.8 Å². The van der Waals surface area contributed by atoms with E-state index in [1.807, 2.05) is 29.2 Å². The van der Waals surface area contributed by atoms with E-state index < -0.39 is 0 Å². The monoisotopic (exact) mass is 175 g/mol. The number of hydrogen-bond acceptors (Lipinski definition) is 3. The van der Waals surface area contributed by atoms with Gasteiger partial charge in [0.2, 0.25) is 5.78 Å². The van der Waals surface area contributed by atoms with Crippen LogP contribution in [0.4, 0.5) is 5.69 Å². The van der Waals surface area contributed by atoms with Gasteiger partial charge < -0.3 is 9.64 Å². The summed E-state index contributed by atoms with van der Waals surface area (Å²) in [6.45, 7) is 1.48. The van der Waals surface area contributed by atoms with Crippen LogP contribution in [0.15, 0.2) is 24.3 Å². The third-order valence-corrected chi connectivity index (χ3v) is 2.59. The number of hydrogen-bond donors (Lipinski definition) is 0. The summed E-state index contributed by atoms with van der Waals surface area (Å²) < 4.78 is 5.35. The number of carbonyl (C=O) groups is 1. The maximum absolute atomic E-state index is 11.7. The van der Waals surface area contributed by atoms with Crippen molar-refractivity contribution in [2.75, 3.05) is 18.1 Å². The second kappa shape index (κ2) is 2.33. The smallest absolute Gasteiger partial charge is 0.214 e. The third kappa shape index (κ3) is 0.795. The number of fused-ring (bicyclic) bond motifs is 3. The van der Waals surface area contributed by atoms with Crippen molar-refractivity contribution >= 4 is 11.5 Å². The zero-order chi connectivity index (χ0) is 8.84. The van der Waals surface area contributed by atoms with Crippen molar-refractivity contribution in [3.63, 3.8) is 0 Å². The zero-order valence-electron chi connectivity index (χ0n) is 7.06. The molecule has 0 aliphatic carbocycles. The number of Topliss-reactive ketones (excluding diaryl/α,β-unsaturated/α-hetero) is 1. The fourth-order valence-electron chi connectivity index (χ4n) is 2.00. The van der Waals surface area contributed by atoms with Crippen LogP contribution in [0.3, 0.4) is 0 Å². The van der Waals surface area contributed by atoms with Crippen molar-refractivity contribution in [2.45, 2.75) is 6.23 Å². The van der Waals surface area contributed by atoms with E-state index in [-0.39, 0.29) is 12.0 Å². The van der Waals surface area contributed by atoms with Crippen molar-refractivity contribution in [1.82, 2.24) is 0 Å². The van der Waals surface area contributed by atoms with Gasteiger partial charge in [-0.15, -0.1) is 0 Å². The molecule has 0 radical (unpaired) electrons. The average Bonchev–Trinajstić information content (AvgIpc) is 2.72. The summed E-state index contributed by atoms with van der Waals surface area (Å²) in [5.74, 6) is 0.105. The van der Waals surface area contributed by atoms with Gasteiger partial charge in [0.15, 0.2) is 6.23 Å². The molecule has 1 atom stereocenters. The quantitative estimate of drug-likeness (QED) is 0.590. The molecule has 2 heterocycles. The van der Waals surface area contributed by atoms with E-state index in [4.69, 9.17) is 4.74 Å². The van der Waals surface area contributed by atoms with Gasteiger partial charge in [-0.1, -0.05) is 12.1 Å². The SMILES string of the molecule is O=C1c2ccccc2N2CCOC12. The van der Waals surface area contributed by atoms with Crippen LogP contribution in [0.5, 0.6) is 0 Å². The van der Waals surface area contributed by atoms with E-state index in [0.717, 1.165) is 17.8 Å². The number of ketones is 1. The number of rotatable bonds is 0. The molecule has 2 aliphatic rings. The first-order valence-electron chi connectivity index (χ1n) is 4.39. The van der Waals surface area contributed by atoms with Crippen molar-refractivity contribution in [2.24, 2.45) is 0 Å². The molecule has 66 valence electrons. The summed E-state index contributed by atoms with van der Waals surface area (Å²) in [6, 6.07) is 7.67. The molecule has 2 aliphatic heterocycles. The summed E-state index contributed by atoms with van der Waals surface area (Å²) in [4.78, 5) is 13.7. The lowest BCUT2D eigenvalue weighted by Crippen LogP contribution is -2.29. The van der Waals surface area contributed by atoms with Crippen molar-refractivity contribution in [1.29, 1.82) is 0 Å². The second-order valence-corrected chi connectivity index (χ2v) is 3.30. The van der Waals surface area contributed by atoms with Crippen LogP contribution in [0.1, 0.15) is 10.4 Å². The van der Waals surface area contributed by atoms with E-state index in [9.17, 15) is 4.79 Å². The fourth-order valence-corrected chi connectivity index (χ4v) is 2.00. The molecule has 1 aromatic rings. The largest absolute Gasteiger partial charge is 0.349 e. The van der Waals surface area contributed by atoms with Gasteiger partial charge in [-0.05, 0) is 12.1 Å². The lowest BCUT2D eigenvalue weighted by atomic mass is 10.1. The molecular formula is C10H9NO2. The van der Waals surface area contributed by atoms with E-state index in [1.165, 1.54) is 0 Å². The molecule has 0 saturated carbocycles. The number of nitrogens with zero attached hydrogens (tertiary/aromatic N) is 1. The van der Waals surface area contributed by atoms with Crippen LogP contribution in [-0.4, -0.2) is 25.2 Å². The van der Waals surface area contributed by atoms with Crippen molar-refractivity contribution < 1.29 is 9.53 Å². The number of para-hydroxylation sites is 1. The Morgan fingerprint density at radius 3 is 3.15 bits per heavy atom. The Hall–Kier alpha value is -1.35. The minimum Gasteiger partial charge on any atom is -0.349 e. The summed E-state index contributed by atoms with van der Waals surface area (Å²) in [7, 11) is 0. The van der Waals surface area contributed by atoms with Crippen LogP contribution in [0.2, 0.25) is 0 Å². The van der Waals surface area contributed by atoms with Gasteiger partial charge in [0.05, 0.1) is 12.3 Å². The molecule has 0 bridgehead atoms. The van der Waals surface area contributed by atoms with Gasteiger partial charge >= 0.3 is 0 Å². The minimum atomic E-state index is -0.336. The molecule has 3 heteroatoms. The lowest BCUT2D eigenvalue weighted by molar-refractivity contribution is 0.0673. The summed E-state index contributed by atoms with van der Waals surface area (Å²) in [6.07, 6.45) is -0.336. The van der Waals surface area contributed by atoms with Crippen LogP contribution < -0.4 is 4.90 Å². The average molecular weight is 175 g/mol. The summed E-state index contributed by atoms with van der Waals surface area (Å²) in [5, 5.41) is 0. The van der Waals surface area contributed by atoms with Crippen LogP contribution in [0.25, 0.3) is 0 Å². The molecule has 13 heavy (non-hydrogen) atoms. The van der Waals surface area contributed by atoms with E-state index in [2.05, 4.69) is 0 Å². The number of carbonyl (C=O) groups excluding carboxylic acids is 1. The zero-order valence-corrected chi connectivity index (χ0v) is 7.06. The lowest BCUT2D eigenvalue weighted by Gasteiger charge is -2.14. The predicted molar refractivity (Wildman–Crippen MR) is 47.9 cm³/mol. The molecule has 1 fully saturated rings. The first-order chi connectivity index (χ1) is 6.38. The Morgan fingerprint density at radius 2 is 2.23 bits per heavy atom. The fraction of sp³-hybridized carbons (Fsp3) is 0.300. The van der Waals surface area contributed by atoms with Gasteiger partial charge in [-0.25, -0.2) is 0 Å². The maximum Gasteiger partial charge on any atom is 0.214 e. The van der Waals surface area contributed by atoms with Crippen LogP contribution in [0, 0.1) is 0 Å². The first kappa shape index (κ1) is 7.09. The number of anilines is 1. The molecule has 3 nitrogen and oxygen atoms in total. The van der Waals surface area contributed by atoms with E-state index in [1.54, 1.807) is 0 Å². The highest BCUT2D eigenvalue weighted by Gasteiger charge is 2.40. The van der Waals surface area contributed by atoms with Gasteiger partial charge in [-0.3, -0.25) is 4.79 Å². The second-order valence-electron chi connectivity index (χ2n) is 3.30. The standard InChI is InChI=1S/C10H9NO2/c12-9-7-3-1-2-4-8(7)11-5-6-13-10(9)11/h1-4,10H,5-6H2. The molecule has 1 saturated heterocycles. The highest BCUT2D eigenvalue weighted by Crippen LogP contribution is 2.34. The topological polar surface area (TPSA) is 29.5 Å². The predicted octanol–water partition coefficient (Wildman–Crippen LogP) is 1.05. The molecule has 0 spiro atoms. The third-order valence-electron chi connectivity index (χ3n) is 2.59. The summed E-state index contributed by atoms with van der Waals surface area (Å²) >= 11 is 0. The highest BCUT2D eigenvalue weighted by molar-refractivity contribution is 6.10. The summed E-state index contributed by atoms with van der Waals surface area (Å²) in [5.41, 5.74) is 1.82. The maximum atomic E-state index is 11.7. The number of ether oxygens (including phenoxy) is 1. The van der Waals surface area contributed by atoms with Crippen molar-refractivity contribution in [3.8, 4) is 0 Å². The Labute approximate surface area is 75.9 Å². The Morgan fingerprint density at radius 1 is 1.38 bits per heavy atom. The molecule has 3 rings (SSSR count). The molecule has 0 amide bonds. The van der Waals surface area contributed by atoms with Crippen LogP contribution in [-0.2, 0) is 4.74 Å². The molecule has 0 aromatic heterocycles. The van der Waals surface area contributed by atoms with E-state index in [0.29, 0.717) is 6.61 Å². The Bertz CT molecular complexity index is 375. The van der Waals surface area contributed by atoms with Gasteiger partial charge in [-0.2, -0.15) is 0 Å². The molecule has 0 N–H and O–H groups in total. The Balaban J connectivity index is 2.19. The Kier molecular flexibility index (Phi) is 1.27. The number of benzene rings is 1. The minimum absolute atomic E-state index is 0.105. The molecule has 1 unspecified atom stereocenters. The van der Waals surface area contributed by atoms with Gasteiger partial charge in [0.1, 0.15) is 0 Å². The normalized spacial score (nSPS) is 24.8. The molecule has 1 aromatic carbocycles.